The zero-order chi connectivity index (χ0) is 15.0. The molecule has 1 aromatic heterocycles. The number of carbonyl (C=O) groups is 1. The van der Waals surface area contributed by atoms with Crippen molar-refractivity contribution in [1.82, 2.24) is 4.98 Å². The molecule has 1 heterocycles. The fraction of sp³-hybridized carbons (Fsp3) is 0.750. The summed E-state index contributed by atoms with van der Waals surface area (Å²) in [6.07, 6.45) is 6.19. The second kappa shape index (κ2) is 5.95. The molecule has 5 heteroatoms. The minimum atomic E-state index is -0.827. The van der Waals surface area contributed by atoms with E-state index in [1.165, 1.54) is 37.0 Å². The van der Waals surface area contributed by atoms with Crippen molar-refractivity contribution in [3.63, 3.8) is 0 Å². The number of aromatic nitrogens is 1. The largest absolute Gasteiger partial charge is 0.477 e. The lowest BCUT2D eigenvalue weighted by Crippen LogP contribution is -2.28. The van der Waals surface area contributed by atoms with Gasteiger partial charge in [0.15, 0.2) is 5.13 Å². The molecule has 4 nitrogen and oxygen atoms in total. The molecule has 1 aromatic rings. The maximum Gasteiger partial charge on any atom is 0.347 e. The first-order valence-electron chi connectivity index (χ1n) is 8.07. The van der Waals surface area contributed by atoms with E-state index in [-0.39, 0.29) is 5.92 Å². The lowest BCUT2D eigenvalue weighted by Gasteiger charge is -2.21. The Hall–Kier alpha value is -1.10. The molecular weight excluding hydrogens is 284 g/mol. The second-order valence-corrected chi connectivity index (χ2v) is 7.59. The lowest BCUT2D eigenvalue weighted by molar-refractivity contribution is 0.0700. The molecule has 2 saturated carbocycles. The molecule has 2 fully saturated rings. The van der Waals surface area contributed by atoms with Crippen LogP contribution in [-0.4, -0.2) is 29.1 Å². The Balaban J connectivity index is 1.84. The van der Waals surface area contributed by atoms with Gasteiger partial charge in [-0.25, -0.2) is 9.78 Å². The molecule has 0 aromatic carbocycles. The second-order valence-electron chi connectivity index (χ2n) is 6.62. The Bertz CT molecular complexity index is 506. The van der Waals surface area contributed by atoms with Crippen LogP contribution in [0.1, 0.15) is 67.2 Å². The molecule has 0 saturated heterocycles. The van der Waals surface area contributed by atoms with Gasteiger partial charge in [-0.3, -0.25) is 0 Å². The average molecular weight is 308 g/mol. The van der Waals surface area contributed by atoms with E-state index < -0.39 is 5.97 Å². The van der Waals surface area contributed by atoms with Crippen molar-refractivity contribution < 1.29 is 9.90 Å². The highest BCUT2D eigenvalue weighted by atomic mass is 32.1. The first-order chi connectivity index (χ1) is 10.1. The summed E-state index contributed by atoms with van der Waals surface area (Å²) in [5, 5.41) is 10.4. The van der Waals surface area contributed by atoms with Gasteiger partial charge in [-0.05, 0) is 49.9 Å². The Morgan fingerprint density at radius 2 is 1.90 bits per heavy atom. The van der Waals surface area contributed by atoms with Crippen LogP contribution in [-0.2, 0) is 0 Å². The highest BCUT2D eigenvalue weighted by Crippen LogP contribution is 2.38. The number of hydrogen-bond acceptors (Lipinski definition) is 4. The topological polar surface area (TPSA) is 53.4 Å². The van der Waals surface area contributed by atoms with E-state index in [0.29, 0.717) is 4.88 Å². The summed E-state index contributed by atoms with van der Waals surface area (Å²) in [4.78, 5) is 19.0. The maximum atomic E-state index is 11.5. The van der Waals surface area contributed by atoms with Crippen LogP contribution in [0.5, 0.6) is 0 Å². The quantitative estimate of drug-likeness (QED) is 0.789. The molecule has 116 valence electrons. The van der Waals surface area contributed by atoms with Gasteiger partial charge < -0.3 is 10.0 Å². The molecule has 0 spiro atoms. The van der Waals surface area contributed by atoms with Crippen LogP contribution in [0.15, 0.2) is 0 Å². The molecule has 2 aliphatic carbocycles. The van der Waals surface area contributed by atoms with Crippen molar-refractivity contribution in [3.05, 3.63) is 10.6 Å². The van der Waals surface area contributed by atoms with Gasteiger partial charge in [-0.15, -0.1) is 0 Å². The first-order valence-corrected chi connectivity index (χ1v) is 8.89. The van der Waals surface area contributed by atoms with E-state index in [4.69, 9.17) is 4.98 Å². The van der Waals surface area contributed by atoms with Crippen LogP contribution in [0.4, 0.5) is 5.13 Å². The van der Waals surface area contributed by atoms with Crippen LogP contribution >= 0.6 is 11.3 Å². The van der Waals surface area contributed by atoms with Gasteiger partial charge in [0, 0.05) is 13.1 Å². The third-order valence-electron chi connectivity index (χ3n) is 4.54. The van der Waals surface area contributed by atoms with Crippen molar-refractivity contribution in [2.45, 2.75) is 51.9 Å². The van der Waals surface area contributed by atoms with E-state index in [1.807, 2.05) is 0 Å². The zero-order valence-corrected chi connectivity index (χ0v) is 13.7. The van der Waals surface area contributed by atoms with E-state index in [9.17, 15) is 9.90 Å². The van der Waals surface area contributed by atoms with Gasteiger partial charge >= 0.3 is 5.97 Å². The number of thiazole rings is 1. The first kappa shape index (κ1) is 14.8. The number of carboxylic acids is 1. The van der Waals surface area contributed by atoms with Crippen molar-refractivity contribution >= 4 is 22.4 Å². The van der Waals surface area contributed by atoms with Gasteiger partial charge in [0.2, 0.25) is 0 Å². The minimum Gasteiger partial charge on any atom is -0.477 e. The van der Waals surface area contributed by atoms with Crippen LogP contribution in [0, 0.1) is 11.8 Å². The molecule has 0 aliphatic heterocycles. The van der Waals surface area contributed by atoms with Crippen LogP contribution in [0.3, 0.4) is 0 Å². The van der Waals surface area contributed by atoms with E-state index in [1.54, 1.807) is 0 Å². The van der Waals surface area contributed by atoms with Crippen LogP contribution in [0.2, 0.25) is 0 Å². The highest BCUT2D eigenvalue weighted by Gasteiger charge is 2.32. The van der Waals surface area contributed by atoms with Crippen molar-refractivity contribution in [1.29, 1.82) is 0 Å². The Labute approximate surface area is 130 Å². The summed E-state index contributed by atoms with van der Waals surface area (Å²) in [6.45, 7) is 6.27. The normalized spacial score (nSPS) is 19.5. The number of carboxylic acid groups (broad SMARTS) is 1. The maximum absolute atomic E-state index is 11.5. The summed E-state index contributed by atoms with van der Waals surface area (Å²) >= 11 is 1.37. The molecular formula is C16H24N2O2S. The molecule has 1 atom stereocenters. The van der Waals surface area contributed by atoms with Gasteiger partial charge in [0.1, 0.15) is 4.88 Å². The van der Waals surface area contributed by atoms with Gasteiger partial charge in [0.25, 0.3) is 0 Å². The van der Waals surface area contributed by atoms with Crippen molar-refractivity contribution in [2.24, 2.45) is 11.8 Å². The summed E-state index contributed by atoms with van der Waals surface area (Å²) in [6, 6.07) is 0. The van der Waals surface area contributed by atoms with Gasteiger partial charge in [-0.1, -0.05) is 25.2 Å². The number of hydrogen-bond donors (Lipinski definition) is 1. The molecule has 0 bridgehead atoms. The Kier molecular flexibility index (Phi) is 4.20. The minimum absolute atomic E-state index is 0.213. The van der Waals surface area contributed by atoms with Crippen LogP contribution in [0.25, 0.3) is 0 Å². The highest BCUT2D eigenvalue weighted by molar-refractivity contribution is 7.17. The lowest BCUT2D eigenvalue weighted by atomic mass is 10.0. The van der Waals surface area contributed by atoms with Gasteiger partial charge in [0.05, 0.1) is 5.69 Å². The Morgan fingerprint density at radius 1 is 1.33 bits per heavy atom. The molecule has 21 heavy (non-hydrogen) atoms. The third kappa shape index (κ3) is 3.57. The van der Waals surface area contributed by atoms with E-state index >= 15 is 0 Å². The molecule has 1 unspecified atom stereocenters. The fourth-order valence-corrected chi connectivity index (χ4v) is 3.63. The number of rotatable bonds is 8. The molecule has 2 aliphatic rings. The summed E-state index contributed by atoms with van der Waals surface area (Å²) in [5.41, 5.74) is 0.779. The summed E-state index contributed by atoms with van der Waals surface area (Å²) in [7, 11) is 0. The van der Waals surface area contributed by atoms with Crippen LogP contribution < -0.4 is 4.90 Å². The smallest absolute Gasteiger partial charge is 0.347 e. The fourth-order valence-electron chi connectivity index (χ4n) is 2.59. The zero-order valence-electron chi connectivity index (χ0n) is 12.8. The molecule has 1 N–H and O–H groups in total. The average Bonchev–Trinajstić information content (AvgIpc) is 3.38. The standard InChI is InChI=1S/C16H24N2O2S/c1-3-10(2)13-14(15(19)20)21-16(17-13)18(8-11-4-5-11)9-12-6-7-12/h10-12H,3-9H2,1-2H3,(H,19,20). The predicted octanol–water partition coefficient (Wildman–Crippen LogP) is 3.98. The van der Waals surface area contributed by atoms with Gasteiger partial charge in [-0.2, -0.15) is 0 Å². The predicted molar refractivity (Wildman–Crippen MR) is 85.4 cm³/mol. The van der Waals surface area contributed by atoms with E-state index in [0.717, 1.165) is 42.2 Å². The third-order valence-corrected chi connectivity index (χ3v) is 5.66. The van der Waals surface area contributed by atoms with Crippen molar-refractivity contribution in [2.75, 3.05) is 18.0 Å². The molecule has 0 amide bonds. The Morgan fingerprint density at radius 3 is 2.33 bits per heavy atom. The number of aromatic carboxylic acids is 1. The van der Waals surface area contributed by atoms with E-state index in [2.05, 4.69) is 18.7 Å². The number of nitrogens with zero attached hydrogens (tertiary/aromatic N) is 2. The van der Waals surface area contributed by atoms with Crippen molar-refractivity contribution in [3.8, 4) is 0 Å². The summed E-state index contributed by atoms with van der Waals surface area (Å²) < 4.78 is 0. The SMILES string of the molecule is CCC(C)c1nc(N(CC2CC2)CC2CC2)sc1C(=O)O. The monoisotopic (exact) mass is 308 g/mol. The molecule has 0 radical (unpaired) electrons. The number of anilines is 1. The molecule has 3 rings (SSSR count). The summed E-state index contributed by atoms with van der Waals surface area (Å²) in [5.74, 6) is 0.984.